The Balaban J connectivity index is 2.61. The zero-order valence-corrected chi connectivity index (χ0v) is 12.8. The van der Waals surface area contributed by atoms with Crippen LogP contribution in [0.5, 0.6) is 0 Å². The highest BCUT2D eigenvalue weighted by molar-refractivity contribution is 6.02. The van der Waals surface area contributed by atoms with Gasteiger partial charge in [0, 0.05) is 6.54 Å². The van der Waals surface area contributed by atoms with Crippen LogP contribution in [0.4, 0.5) is 0 Å². The van der Waals surface area contributed by atoms with Crippen molar-refractivity contribution in [3.8, 4) is 0 Å². The van der Waals surface area contributed by atoms with Crippen LogP contribution >= 0.6 is 0 Å². The van der Waals surface area contributed by atoms with Crippen molar-refractivity contribution >= 4 is 11.7 Å². The summed E-state index contributed by atoms with van der Waals surface area (Å²) in [6, 6.07) is 0. The summed E-state index contributed by atoms with van der Waals surface area (Å²) in [6.45, 7) is 13.3. The Labute approximate surface area is 115 Å². The normalized spacial score (nSPS) is 23.2. The van der Waals surface area contributed by atoms with E-state index >= 15 is 0 Å². The predicted octanol–water partition coefficient (Wildman–Crippen LogP) is 1.80. The summed E-state index contributed by atoms with van der Waals surface area (Å²) in [5.41, 5.74) is 6.07. The van der Waals surface area contributed by atoms with Crippen molar-refractivity contribution in [2.24, 2.45) is 39.5 Å². The van der Waals surface area contributed by atoms with Gasteiger partial charge in [-0.3, -0.25) is 4.79 Å². The second-order valence-electron chi connectivity index (χ2n) is 6.99. The molecule has 1 fully saturated rings. The zero-order chi connectivity index (χ0) is 15.0. The summed E-state index contributed by atoms with van der Waals surface area (Å²) in [6.07, 6.45) is 0. The van der Waals surface area contributed by atoms with Gasteiger partial charge >= 0.3 is 0 Å². The van der Waals surface area contributed by atoms with E-state index in [-0.39, 0.29) is 28.5 Å². The Morgan fingerprint density at radius 3 is 2.11 bits per heavy atom. The molecule has 1 aliphatic carbocycles. The first-order valence-electron chi connectivity index (χ1n) is 6.82. The van der Waals surface area contributed by atoms with Gasteiger partial charge in [0.05, 0.1) is 0 Å². The molecule has 1 unspecified atom stereocenters. The van der Waals surface area contributed by atoms with Gasteiger partial charge in [0.25, 0.3) is 0 Å². The average molecular weight is 269 g/mol. The molecule has 0 aromatic heterocycles. The lowest BCUT2D eigenvalue weighted by Crippen LogP contribution is -2.42. The molecule has 110 valence electrons. The Bertz CT molecular complexity index is 372. The van der Waals surface area contributed by atoms with Gasteiger partial charge in [-0.25, -0.2) is 0 Å². The highest BCUT2D eigenvalue weighted by atomic mass is 16.4. The molecular formula is C14H27N3O2. The maximum Gasteiger partial charge on any atom is 0.231 e. The molecule has 1 aliphatic rings. The molecule has 5 nitrogen and oxygen atoms in total. The largest absolute Gasteiger partial charge is 0.409 e. The second kappa shape index (κ2) is 5.02. The number of amidine groups is 1. The molecule has 0 aromatic rings. The highest BCUT2D eigenvalue weighted by Crippen LogP contribution is 2.67. The number of carbonyl (C=O) groups is 1. The molecule has 19 heavy (non-hydrogen) atoms. The number of carbonyl (C=O) groups excluding carboxylic acids is 1. The van der Waals surface area contributed by atoms with Crippen LogP contribution in [0.3, 0.4) is 0 Å². The Morgan fingerprint density at radius 1 is 1.32 bits per heavy atom. The maximum absolute atomic E-state index is 12.2. The molecule has 1 atom stereocenters. The number of oxime groups is 1. The van der Waals surface area contributed by atoms with Crippen molar-refractivity contribution in [2.75, 3.05) is 6.54 Å². The minimum absolute atomic E-state index is 0.00359. The second-order valence-corrected chi connectivity index (χ2v) is 6.99. The van der Waals surface area contributed by atoms with E-state index < -0.39 is 5.92 Å². The third-order valence-electron chi connectivity index (χ3n) is 5.18. The standard InChI is InChI=1S/C14H27N3O2/c1-8(2)10(11(15)17-19)12(18)16-7-9-13(3,4)14(9,5)6/h8-10,19H,7H2,1-6H3,(H2,15,17)(H,16,18). The van der Waals surface area contributed by atoms with Gasteiger partial charge in [0.15, 0.2) is 5.84 Å². The third kappa shape index (κ3) is 2.69. The molecule has 1 rings (SSSR count). The summed E-state index contributed by atoms with van der Waals surface area (Å²) < 4.78 is 0. The fourth-order valence-electron chi connectivity index (χ4n) is 3.00. The first kappa shape index (κ1) is 15.8. The van der Waals surface area contributed by atoms with Gasteiger partial charge < -0.3 is 16.3 Å². The molecule has 4 N–H and O–H groups in total. The molecule has 0 aromatic carbocycles. The molecule has 1 amide bonds. The SMILES string of the molecule is CC(C)C(C(=O)NCC1C(C)(C)C1(C)C)C(N)=NO. The van der Waals surface area contributed by atoms with E-state index in [4.69, 9.17) is 10.9 Å². The molecule has 0 bridgehead atoms. The summed E-state index contributed by atoms with van der Waals surface area (Å²) in [5.74, 6) is -0.305. The van der Waals surface area contributed by atoms with Crippen molar-refractivity contribution in [2.45, 2.75) is 41.5 Å². The topological polar surface area (TPSA) is 87.7 Å². The number of nitrogens with one attached hydrogen (secondary N) is 1. The van der Waals surface area contributed by atoms with E-state index in [2.05, 4.69) is 38.2 Å². The quantitative estimate of drug-likeness (QED) is 0.308. The van der Waals surface area contributed by atoms with E-state index in [1.807, 2.05) is 13.8 Å². The van der Waals surface area contributed by atoms with Crippen molar-refractivity contribution in [3.63, 3.8) is 0 Å². The van der Waals surface area contributed by atoms with Crippen LogP contribution in [-0.2, 0) is 4.79 Å². The van der Waals surface area contributed by atoms with Crippen molar-refractivity contribution in [1.29, 1.82) is 0 Å². The molecule has 0 heterocycles. The van der Waals surface area contributed by atoms with Gasteiger partial charge in [-0.1, -0.05) is 46.7 Å². The fourth-order valence-corrected chi connectivity index (χ4v) is 3.00. The third-order valence-corrected chi connectivity index (χ3v) is 5.18. The monoisotopic (exact) mass is 269 g/mol. The van der Waals surface area contributed by atoms with Crippen molar-refractivity contribution in [1.82, 2.24) is 5.32 Å². The molecule has 0 aliphatic heterocycles. The molecule has 0 saturated heterocycles. The Morgan fingerprint density at radius 2 is 1.79 bits per heavy atom. The first-order chi connectivity index (χ1) is 8.57. The van der Waals surface area contributed by atoms with E-state index in [1.54, 1.807) is 0 Å². The lowest BCUT2D eigenvalue weighted by atomic mass is 9.93. The maximum atomic E-state index is 12.2. The van der Waals surface area contributed by atoms with Gasteiger partial charge in [-0.15, -0.1) is 0 Å². The average Bonchev–Trinajstić information content (AvgIpc) is 2.66. The van der Waals surface area contributed by atoms with Crippen LogP contribution in [0.25, 0.3) is 0 Å². The first-order valence-corrected chi connectivity index (χ1v) is 6.82. The van der Waals surface area contributed by atoms with Crippen LogP contribution in [0, 0.1) is 28.6 Å². The summed E-state index contributed by atoms with van der Waals surface area (Å²) in [7, 11) is 0. The van der Waals surface area contributed by atoms with Gasteiger partial charge in [0.2, 0.25) is 5.91 Å². The van der Waals surface area contributed by atoms with Crippen LogP contribution in [-0.4, -0.2) is 23.5 Å². The van der Waals surface area contributed by atoms with Crippen LogP contribution in [0.2, 0.25) is 0 Å². The molecular weight excluding hydrogens is 242 g/mol. The van der Waals surface area contributed by atoms with Crippen molar-refractivity contribution < 1.29 is 10.0 Å². The van der Waals surface area contributed by atoms with Crippen LogP contribution in [0.1, 0.15) is 41.5 Å². The lowest BCUT2D eigenvalue weighted by molar-refractivity contribution is -0.124. The van der Waals surface area contributed by atoms with E-state index in [1.165, 1.54) is 0 Å². The summed E-state index contributed by atoms with van der Waals surface area (Å²) >= 11 is 0. The fraction of sp³-hybridized carbons (Fsp3) is 0.857. The lowest BCUT2D eigenvalue weighted by Gasteiger charge is -2.19. The number of nitrogens with zero attached hydrogens (tertiary/aromatic N) is 1. The Kier molecular flexibility index (Phi) is 4.17. The number of nitrogens with two attached hydrogens (primary N) is 1. The molecule has 5 heteroatoms. The molecule has 0 radical (unpaired) electrons. The minimum atomic E-state index is -0.574. The molecule has 0 spiro atoms. The van der Waals surface area contributed by atoms with Crippen molar-refractivity contribution in [3.05, 3.63) is 0 Å². The van der Waals surface area contributed by atoms with Gasteiger partial charge in [-0.05, 0) is 22.7 Å². The van der Waals surface area contributed by atoms with Gasteiger partial charge in [0.1, 0.15) is 5.92 Å². The highest BCUT2D eigenvalue weighted by Gasteiger charge is 2.64. The smallest absolute Gasteiger partial charge is 0.231 e. The number of amides is 1. The number of hydrogen-bond donors (Lipinski definition) is 3. The van der Waals surface area contributed by atoms with Crippen LogP contribution < -0.4 is 11.1 Å². The summed E-state index contributed by atoms with van der Waals surface area (Å²) in [5, 5.41) is 14.6. The van der Waals surface area contributed by atoms with Gasteiger partial charge in [-0.2, -0.15) is 0 Å². The minimum Gasteiger partial charge on any atom is -0.409 e. The molecule has 1 saturated carbocycles. The van der Waals surface area contributed by atoms with E-state index in [0.29, 0.717) is 12.5 Å². The zero-order valence-electron chi connectivity index (χ0n) is 12.8. The van der Waals surface area contributed by atoms with E-state index in [9.17, 15) is 4.79 Å². The summed E-state index contributed by atoms with van der Waals surface area (Å²) in [4.78, 5) is 12.2. The van der Waals surface area contributed by atoms with Crippen LogP contribution in [0.15, 0.2) is 5.16 Å². The number of rotatable bonds is 5. The Hall–Kier alpha value is -1.26. The van der Waals surface area contributed by atoms with E-state index in [0.717, 1.165) is 0 Å². The number of hydrogen-bond acceptors (Lipinski definition) is 3. The predicted molar refractivity (Wildman–Crippen MR) is 75.8 cm³/mol.